The average Bonchev–Trinajstić information content (AvgIpc) is 2.79. The molecule has 6 nitrogen and oxygen atoms in total. The SMILES string of the molecule is Cc1ccc(N2C(=O)NC(=O)/C(=C\c3cc(I)c(OCc4ccccc4Cl)c(I)c3)C2=O)cc1C. The van der Waals surface area contributed by atoms with Crippen LogP contribution in [-0.2, 0) is 16.2 Å². The maximum absolute atomic E-state index is 13.2. The van der Waals surface area contributed by atoms with E-state index in [0.717, 1.165) is 28.7 Å². The van der Waals surface area contributed by atoms with E-state index >= 15 is 0 Å². The first-order chi connectivity index (χ1) is 16.7. The molecule has 0 atom stereocenters. The first kappa shape index (κ1) is 25.6. The third kappa shape index (κ3) is 5.54. The first-order valence-electron chi connectivity index (χ1n) is 10.5. The third-order valence-electron chi connectivity index (χ3n) is 5.51. The van der Waals surface area contributed by atoms with E-state index < -0.39 is 17.8 Å². The fraction of sp³-hybridized carbons (Fsp3) is 0.115. The molecule has 3 aromatic carbocycles. The number of rotatable bonds is 5. The van der Waals surface area contributed by atoms with E-state index in [1.165, 1.54) is 6.08 Å². The number of aryl methyl sites for hydroxylation is 2. The van der Waals surface area contributed by atoms with Gasteiger partial charge < -0.3 is 4.74 Å². The third-order valence-corrected chi connectivity index (χ3v) is 7.48. The number of imide groups is 2. The molecule has 0 aliphatic carbocycles. The van der Waals surface area contributed by atoms with Gasteiger partial charge >= 0.3 is 6.03 Å². The van der Waals surface area contributed by atoms with Gasteiger partial charge in [0.25, 0.3) is 11.8 Å². The Morgan fingerprint density at radius 3 is 2.31 bits per heavy atom. The molecule has 4 amide bonds. The molecule has 1 aliphatic heterocycles. The number of ether oxygens (including phenoxy) is 1. The Balaban J connectivity index is 1.62. The number of amides is 4. The lowest BCUT2D eigenvalue weighted by Gasteiger charge is -2.27. The lowest BCUT2D eigenvalue weighted by Crippen LogP contribution is -2.54. The molecule has 0 spiro atoms. The van der Waals surface area contributed by atoms with Crippen molar-refractivity contribution in [3.05, 3.63) is 94.6 Å². The number of hydrogen-bond acceptors (Lipinski definition) is 4. The lowest BCUT2D eigenvalue weighted by atomic mass is 10.1. The van der Waals surface area contributed by atoms with E-state index in [9.17, 15) is 14.4 Å². The summed E-state index contributed by atoms with van der Waals surface area (Å²) < 4.78 is 7.62. The summed E-state index contributed by atoms with van der Waals surface area (Å²) in [7, 11) is 0. The Kier molecular flexibility index (Phi) is 7.82. The van der Waals surface area contributed by atoms with Crippen molar-refractivity contribution in [3.8, 4) is 5.75 Å². The summed E-state index contributed by atoms with van der Waals surface area (Å²) >= 11 is 10.5. The molecular formula is C26H19ClI2N2O4. The van der Waals surface area contributed by atoms with Gasteiger partial charge in [-0.1, -0.05) is 35.9 Å². The second-order valence-electron chi connectivity index (χ2n) is 7.92. The highest BCUT2D eigenvalue weighted by atomic mass is 127. The normalized spacial score (nSPS) is 14.9. The van der Waals surface area contributed by atoms with Crippen LogP contribution in [0.3, 0.4) is 0 Å². The van der Waals surface area contributed by atoms with E-state index in [2.05, 4.69) is 50.5 Å². The Morgan fingerprint density at radius 2 is 1.66 bits per heavy atom. The molecule has 0 radical (unpaired) electrons. The lowest BCUT2D eigenvalue weighted by molar-refractivity contribution is -0.122. The number of halogens is 3. The predicted octanol–water partition coefficient (Wildman–Crippen LogP) is 6.41. The molecule has 9 heteroatoms. The maximum atomic E-state index is 13.2. The highest BCUT2D eigenvalue weighted by molar-refractivity contribution is 14.1. The highest BCUT2D eigenvalue weighted by Gasteiger charge is 2.37. The minimum absolute atomic E-state index is 0.126. The molecule has 3 aromatic rings. The van der Waals surface area contributed by atoms with Crippen LogP contribution in [0, 0.1) is 21.0 Å². The minimum atomic E-state index is -0.770. The van der Waals surface area contributed by atoms with Gasteiger partial charge in [-0.2, -0.15) is 0 Å². The van der Waals surface area contributed by atoms with Crippen molar-refractivity contribution < 1.29 is 19.1 Å². The molecule has 4 rings (SSSR count). The van der Waals surface area contributed by atoms with Gasteiger partial charge in [0.1, 0.15) is 17.9 Å². The number of barbiturate groups is 1. The van der Waals surface area contributed by atoms with Crippen LogP contribution in [0.2, 0.25) is 5.02 Å². The van der Waals surface area contributed by atoms with E-state index in [-0.39, 0.29) is 5.57 Å². The minimum Gasteiger partial charge on any atom is -0.487 e. The molecular weight excluding hydrogens is 694 g/mol. The topological polar surface area (TPSA) is 75.7 Å². The van der Waals surface area contributed by atoms with Crippen molar-refractivity contribution in [1.29, 1.82) is 0 Å². The van der Waals surface area contributed by atoms with Gasteiger partial charge in [0.2, 0.25) is 0 Å². The number of nitrogens with zero attached hydrogens (tertiary/aromatic N) is 1. The number of urea groups is 1. The van der Waals surface area contributed by atoms with Crippen molar-refractivity contribution in [2.45, 2.75) is 20.5 Å². The first-order valence-corrected chi connectivity index (χ1v) is 13.0. The molecule has 1 N–H and O–H groups in total. The van der Waals surface area contributed by atoms with Crippen molar-refractivity contribution in [2.75, 3.05) is 4.90 Å². The van der Waals surface area contributed by atoms with Crippen LogP contribution < -0.4 is 15.0 Å². The van der Waals surface area contributed by atoms with Crippen LogP contribution in [0.4, 0.5) is 10.5 Å². The highest BCUT2D eigenvalue weighted by Crippen LogP contribution is 2.32. The summed E-state index contributed by atoms with van der Waals surface area (Å²) in [5.41, 5.74) is 3.75. The summed E-state index contributed by atoms with van der Waals surface area (Å²) in [6.07, 6.45) is 1.49. The zero-order chi connectivity index (χ0) is 25.3. The number of anilines is 1. The van der Waals surface area contributed by atoms with Gasteiger partial charge in [-0.25, -0.2) is 9.69 Å². The zero-order valence-electron chi connectivity index (χ0n) is 18.7. The summed E-state index contributed by atoms with van der Waals surface area (Å²) in [6, 6.07) is 15.6. The van der Waals surface area contributed by atoms with E-state index in [1.54, 1.807) is 12.1 Å². The Labute approximate surface area is 235 Å². The van der Waals surface area contributed by atoms with E-state index in [0.29, 0.717) is 28.6 Å². The van der Waals surface area contributed by atoms with Crippen molar-refractivity contribution in [3.63, 3.8) is 0 Å². The monoisotopic (exact) mass is 712 g/mol. The summed E-state index contributed by atoms with van der Waals surface area (Å²) in [5, 5.41) is 2.89. The Hall–Kier alpha value is -2.44. The van der Waals surface area contributed by atoms with Crippen LogP contribution in [0.25, 0.3) is 6.08 Å². The molecule has 0 saturated carbocycles. The van der Waals surface area contributed by atoms with Crippen molar-refractivity contribution >= 4 is 86.4 Å². The molecule has 35 heavy (non-hydrogen) atoms. The number of carbonyl (C=O) groups is 3. The second-order valence-corrected chi connectivity index (χ2v) is 10.7. The molecule has 0 bridgehead atoms. The average molecular weight is 713 g/mol. The molecule has 1 fully saturated rings. The van der Waals surface area contributed by atoms with E-state index in [4.69, 9.17) is 16.3 Å². The smallest absolute Gasteiger partial charge is 0.335 e. The number of hydrogen-bond donors (Lipinski definition) is 1. The Morgan fingerprint density at radius 1 is 0.971 bits per heavy atom. The van der Waals surface area contributed by atoms with Crippen LogP contribution >= 0.6 is 56.8 Å². The van der Waals surface area contributed by atoms with E-state index in [1.807, 2.05) is 56.3 Å². The largest absolute Gasteiger partial charge is 0.487 e. The molecule has 1 aliphatic rings. The molecule has 0 unspecified atom stereocenters. The summed E-state index contributed by atoms with van der Waals surface area (Å²) in [6.45, 7) is 4.14. The van der Waals surface area contributed by atoms with Crippen LogP contribution in [0.1, 0.15) is 22.3 Å². The van der Waals surface area contributed by atoms with Crippen LogP contribution in [0.15, 0.2) is 60.2 Å². The fourth-order valence-electron chi connectivity index (χ4n) is 3.49. The van der Waals surface area contributed by atoms with Gasteiger partial charge in [0.05, 0.1) is 12.8 Å². The van der Waals surface area contributed by atoms with Gasteiger partial charge in [-0.05, 0) is 112 Å². The second kappa shape index (κ2) is 10.7. The zero-order valence-corrected chi connectivity index (χ0v) is 23.8. The van der Waals surface area contributed by atoms with Crippen LogP contribution in [0.5, 0.6) is 5.75 Å². The molecule has 1 heterocycles. The summed E-state index contributed by atoms with van der Waals surface area (Å²) in [5.74, 6) is -0.727. The van der Waals surface area contributed by atoms with Crippen molar-refractivity contribution in [2.24, 2.45) is 0 Å². The fourth-order valence-corrected chi connectivity index (χ4v) is 5.81. The quantitative estimate of drug-likeness (QED) is 0.189. The van der Waals surface area contributed by atoms with Gasteiger partial charge in [0.15, 0.2) is 0 Å². The van der Waals surface area contributed by atoms with Gasteiger partial charge in [-0.15, -0.1) is 0 Å². The Bertz CT molecular complexity index is 1380. The van der Waals surface area contributed by atoms with Gasteiger partial charge in [0, 0.05) is 10.6 Å². The maximum Gasteiger partial charge on any atom is 0.335 e. The number of carbonyl (C=O) groups excluding carboxylic acids is 3. The number of benzene rings is 3. The van der Waals surface area contributed by atoms with Crippen LogP contribution in [-0.4, -0.2) is 17.8 Å². The summed E-state index contributed by atoms with van der Waals surface area (Å²) in [4.78, 5) is 39.2. The van der Waals surface area contributed by atoms with Crippen molar-refractivity contribution in [1.82, 2.24) is 5.32 Å². The van der Waals surface area contributed by atoms with Gasteiger partial charge in [-0.3, -0.25) is 14.9 Å². The predicted molar refractivity (Wildman–Crippen MR) is 153 cm³/mol. The number of nitrogens with one attached hydrogen (secondary N) is 1. The standard InChI is InChI=1S/C26H19ClI2N2O4/c1-14-7-8-18(9-15(14)2)31-25(33)19(24(32)30-26(31)34)10-16-11-21(28)23(22(29)12-16)35-13-17-5-3-4-6-20(17)27/h3-12H,13H2,1-2H3,(H,30,32,34)/b19-10+. The molecule has 0 aromatic heterocycles. The molecule has 1 saturated heterocycles. The molecule has 178 valence electrons.